The van der Waals surface area contributed by atoms with Gasteiger partial charge in [0.05, 0.1) is 4.92 Å². The molecule has 4 heteroatoms. The monoisotopic (exact) mass is 353 g/mol. The van der Waals surface area contributed by atoms with Crippen LogP contribution in [0.5, 0.6) is 0 Å². The predicted molar refractivity (Wildman–Crippen MR) is 99.3 cm³/mol. The highest BCUT2D eigenvalue weighted by Crippen LogP contribution is 2.82. The highest BCUT2D eigenvalue weighted by Gasteiger charge is 2.76. The molecule has 3 saturated carbocycles. The van der Waals surface area contributed by atoms with Crippen LogP contribution in [0.2, 0.25) is 0 Å². The van der Waals surface area contributed by atoms with E-state index in [4.69, 9.17) is 4.74 Å². The van der Waals surface area contributed by atoms with E-state index in [1.807, 2.05) is 12.1 Å². The summed E-state index contributed by atoms with van der Waals surface area (Å²) in [5.74, 6) is 3.66. The standard InChI is InChI=1S/C22H27NO3/c1-21(2)11-18-16-5-3-4-6-17(16)20(22(18)12-19(21)22)26-13-14-7-9-15(10-8-14)23(24)25/h7-10,16,18-19H,3-6,11-13H2,1-2H3/t16-,18+,19-,22-/m0/s1. The molecule has 1 spiro atoms. The third-order valence-electron chi connectivity index (χ3n) is 7.74. The Balaban J connectivity index is 1.41. The van der Waals surface area contributed by atoms with Crippen molar-refractivity contribution in [3.63, 3.8) is 0 Å². The number of benzene rings is 1. The third kappa shape index (κ3) is 2.14. The van der Waals surface area contributed by atoms with Crippen LogP contribution in [0, 0.1) is 38.7 Å². The number of hydrogen-bond donors (Lipinski definition) is 0. The van der Waals surface area contributed by atoms with Crippen LogP contribution in [0.1, 0.15) is 57.9 Å². The fourth-order valence-corrected chi connectivity index (χ4v) is 6.63. The van der Waals surface area contributed by atoms with Crippen LogP contribution in [0.15, 0.2) is 35.6 Å². The Hall–Kier alpha value is -1.84. The topological polar surface area (TPSA) is 52.4 Å². The molecule has 0 aromatic heterocycles. The van der Waals surface area contributed by atoms with Gasteiger partial charge in [0, 0.05) is 17.5 Å². The molecular weight excluding hydrogens is 326 g/mol. The normalized spacial score (nSPS) is 36.3. The van der Waals surface area contributed by atoms with Gasteiger partial charge in [0.1, 0.15) is 12.4 Å². The molecule has 4 aliphatic carbocycles. The molecule has 1 aromatic carbocycles. The van der Waals surface area contributed by atoms with Gasteiger partial charge >= 0.3 is 0 Å². The Morgan fingerprint density at radius 2 is 1.96 bits per heavy atom. The lowest BCUT2D eigenvalue weighted by molar-refractivity contribution is -0.384. The first-order valence-corrected chi connectivity index (χ1v) is 10.0. The van der Waals surface area contributed by atoms with E-state index < -0.39 is 0 Å². The van der Waals surface area contributed by atoms with Crippen molar-refractivity contribution >= 4 is 5.69 Å². The van der Waals surface area contributed by atoms with Gasteiger partial charge in [0.25, 0.3) is 5.69 Å². The summed E-state index contributed by atoms with van der Waals surface area (Å²) in [4.78, 5) is 10.5. The first-order valence-electron chi connectivity index (χ1n) is 10.0. The van der Waals surface area contributed by atoms with Gasteiger partial charge in [-0.3, -0.25) is 10.1 Å². The molecule has 0 heterocycles. The van der Waals surface area contributed by atoms with Crippen molar-refractivity contribution in [3.8, 4) is 0 Å². The number of nitrogens with zero attached hydrogens (tertiary/aromatic N) is 1. The number of hydrogen-bond acceptors (Lipinski definition) is 3. The van der Waals surface area contributed by atoms with Gasteiger partial charge in [-0.25, -0.2) is 0 Å². The fourth-order valence-electron chi connectivity index (χ4n) is 6.63. The van der Waals surface area contributed by atoms with E-state index in [0.29, 0.717) is 17.4 Å². The van der Waals surface area contributed by atoms with E-state index in [1.54, 1.807) is 17.7 Å². The number of non-ortho nitro benzene ring substituents is 1. The summed E-state index contributed by atoms with van der Waals surface area (Å²) in [6.07, 6.45) is 7.87. The highest BCUT2D eigenvalue weighted by molar-refractivity contribution is 5.42. The molecule has 0 saturated heterocycles. The Labute approximate surface area is 154 Å². The molecule has 1 aromatic rings. The van der Waals surface area contributed by atoms with Gasteiger partial charge in [0.2, 0.25) is 0 Å². The number of rotatable bonds is 4. The maximum Gasteiger partial charge on any atom is 0.269 e. The van der Waals surface area contributed by atoms with E-state index in [2.05, 4.69) is 13.8 Å². The maximum atomic E-state index is 10.8. The minimum atomic E-state index is -0.349. The van der Waals surface area contributed by atoms with Crippen molar-refractivity contribution in [2.75, 3.05) is 0 Å². The summed E-state index contributed by atoms with van der Waals surface area (Å²) < 4.78 is 6.52. The molecule has 4 aliphatic rings. The summed E-state index contributed by atoms with van der Waals surface area (Å²) in [6.45, 7) is 5.42. The average molecular weight is 353 g/mol. The average Bonchev–Trinajstić information content (AvgIpc) is 3.26. The van der Waals surface area contributed by atoms with E-state index in [1.165, 1.54) is 44.3 Å². The molecule has 4 nitrogen and oxygen atoms in total. The molecule has 0 bridgehead atoms. The summed E-state index contributed by atoms with van der Waals surface area (Å²) >= 11 is 0. The summed E-state index contributed by atoms with van der Waals surface area (Å²) in [5, 5.41) is 10.8. The zero-order valence-electron chi connectivity index (χ0n) is 15.7. The molecule has 0 unspecified atom stereocenters. The van der Waals surface area contributed by atoms with E-state index in [-0.39, 0.29) is 10.6 Å². The minimum Gasteiger partial charge on any atom is -0.493 e. The highest BCUT2D eigenvalue weighted by atomic mass is 16.6. The molecule has 138 valence electrons. The van der Waals surface area contributed by atoms with Crippen LogP contribution in [-0.2, 0) is 11.3 Å². The Morgan fingerprint density at radius 1 is 1.19 bits per heavy atom. The van der Waals surface area contributed by atoms with Crippen molar-refractivity contribution in [1.29, 1.82) is 0 Å². The first-order chi connectivity index (χ1) is 12.4. The first kappa shape index (κ1) is 16.3. The van der Waals surface area contributed by atoms with Crippen molar-refractivity contribution in [2.45, 2.75) is 59.0 Å². The van der Waals surface area contributed by atoms with Crippen LogP contribution in [0.25, 0.3) is 0 Å². The second-order valence-electron chi connectivity index (χ2n) is 9.52. The fraction of sp³-hybridized carbons (Fsp3) is 0.636. The van der Waals surface area contributed by atoms with Gasteiger partial charge in [0.15, 0.2) is 0 Å². The van der Waals surface area contributed by atoms with Crippen LogP contribution >= 0.6 is 0 Å². The van der Waals surface area contributed by atoms with E-state index in [0.717, 1.165) is 23.3 Å². The smallest absolute Gasteiger partial charge is 0.269 e. The van der Waals surface area contributed by atoms with Crippen molar-refractivity contribution in [1.82, 2.24) is 0 Å². The van der Waals surface area contributed by atoms with E-state index >= 15 is 0 Å². The van der Waals surface area contributed by atoms with Crippen LogP contribution < -0.4 is 0 Å². The SMILES string of the molecule is CC1(C)C[C@@H]2[C@H]3CCCCC3=C(OCc3ccc([N+](=O)[O-])cc3)[C@@]23C[C@@H]13. The quantitative estimate of drug-likeness (QED) is 0.521. The number of nitro benzene ring substituents is 1. The molecule has 26 heavy (non-hydrogen) atoms. The number of ether oxygens (including phenoxy) is 1. The predicted octanol–water partition coefficient (Wildman–Crippen LogP) is 5.62. The number of nitro groups is 1. The Bertz CT molecular complexity index is 794. The molecule has 0 radical (unpaired) electrons. The summed E-state index contributed by atoms with van der Waals surface area (Å²) in [7, 11) is 0. The minimum absolute atomic E-state index is 0.141. The van der Waals surface area contributed by atoms with E-state index in [9.17, 15) is 10.1 Å². The second kappa shape index (κ2) is 5.34. The zero-order chi connectivity index (χ0) is 18.1. The Kier molecular flexibility index (Phi) is 3.35. The van der Waals surface area contributed by atoms with Crippen LogP contribution in [0.3, 0.4) is 0 Å². The largest absolute Gasteiger partial charge is 0.493 e. The molecule has 0 aliphatic heterocycles. The molecule has 4 atom stereocenters. The molecular formula is C22H27NO3. The zero-order valence-corrected chi connectivity index (χ0v) is 15.7. The number of fused-ring (bicyclic) bond motifs is 2. The lowest BCUT2D eigenvalue weighted by Crippen LogP contribution is -2.20. The van der Waals surface area contributed by atoms with Gasteiger partial charge in [-0.05, 0) is 78.5 Å². The van der Waals surface area contributed by atoms with Gasteiger partial charge in [-0.15, -0.1) is 0 Å². The van der Waals surface area contributed by atoms with Crippen molar-refractivity contribution in [3.05, 3.63) is 51.3 Å². The lowest BCUT2D eigenvalue weighted by Gasteiger charge is -2.29. The van der Waals surface area contributed by atoms with Crippen molar-refractivity contribution < 1.29 is 9.66 Å². The molecule has 0 N–H and O–H groups in total. The third-order valence-corrected chi connectivity index (χ3v) is 7.74. The molecule has 3 fully saturated rings. The molecule has 5 rings (SSSR count). The lowest BCUT2D eigenvalue weighted by atomic mass is 9.75. The van der Waals surface area contributed by atoms with Crippen LogP contribution in [-0.4, -0.2) is 4.92 Å². The van der Waals surface area contributed by atoms with Gasteiger partial charge in [-0.1, -0.05) is 20.3 Å². The Morgan fingerprint density at radius 3 is 2.65 bits per heavy atom. The van der Waals surface area contributed by atoms with Gasteiger partial charge in [-0.2, -0.15) is 0 Å². The summed E-state index contributed by atoms with van der Waals surface area (Å²) in [5.41, 5.74) is 3.55. The number of allylic oxidation sites excluding steroid dienone is 2. The summed E-state index contributed by atoms with van der Waals surface area (Å²) in [6, 6.07) is 6.81. The maximum absolute atomic E-state index is 10.8. The van der Waals surface area contributed by atoms with Gasteiger partial charge < -0.3 is 4.74 Å². The second-order valence-corrected chi connectivity index (χ2v) is 9.52. The van der Waals surface area contributed by atoms with Crippen molar-refractivity contribution in [2.24, 2.45) is 28.6 Å². The molecule has 0 amide bonds. The van der Waals surface area contributed by atoms with Crippen LogP contribution in [0.4, 0.5) is 5.69 Å².